The zero-order valence-corrected chi connectivity index (χ0v) is 8.24. The van der Waals surface area contributed by atoms with Gasteiger partial charge in [-0.1, -0.05) is 6.07 Å². The molecule has 3 aromatic rings. The summed E-state index contributed by atoms with van der Waals surface area (Å²) in [7, 11) is 0. The Hall–Kier alpha value is -1.90. The molecule has 2 aromatic heterocycles. The first-order chi connectivity index (χ1) is 7.25. The highest BCUT2D eigenvalue weighted by Crippen LogP contribution is 2.19. The summed E-state index contributed by atoms with van der Waals surface area (Å²) in [5.74, 6) is -0.187. The topological polar surface area (TPSA) is 17.3 Å². The molecule has 74 valence electrons. The summed E-state index contributed by atoms with van der Waals surface area (Å²) in [5, 5.41) is 0. The molecule has 0 saturated heterocycles. The van der Waals surface area contributed by atoms with E-state index in [1.54, 1.807) is 13.0 Å². The standard InChI is InChI=1S/C12H9FN2/c1-8-6-10-11(7-9(8)13)15-5-3-2-4-12(15)14-10/h2-7H,1H3. The third-order valence-corrected chi connectivity index (χ3v) is 2.59. The molecule has 0 aliphatic carbocycles. The highest BCUT2D eigenvalue weighted by molar-refractivity contribution is 5.81. The molecule has 0 saturated carbocycles. The van der Waals surface area contributed by atoms with Gasteiger partial charge >= 0.3 is 0 Å². The first-order valence-electron chi connectivity index (χ1n) is 4.78. The van der Waals surface area contributed by atoms with E-state index in [1.165, 1.54) is 6.07 Å². The number of fused-ring (bicyclic) bond motifs is 3. The largest absolute Gasteiger partial charge is 0.300 e. The highest BCUT2D eigenvalue weighted by atomic mass is 19.1. The van der Waals surface area contributed by atoms with Crippen LogP contribution >= 0.6 is 0 Å². The van der Waals surface area contributed by atoms with Crippen molar-refractivity contribution in [2.75, 3.05) is 0 Å². The van der Waals surface area contributed by atoms with Gasteiger partial charge in [0.25, 0.3) is 0 Å². The van der Waals surface area contributed by atoms with Crippen molar-refractivity contribution in [2.24, 2.45) is 0 Å². The second-order valence-corrected chi connectivity index (χ2v) is 3.63. The third-order valence-electron chi connectivity index (χ3n) is 2.59. The van der Waals surface area contributed by atoms with Gasteiger partial charge in [-0.05, 0) is 30.7 Å². The summed E-state index contributed by atoms with van der Waals surface area (Å²) in [6.07, 6.45) is 1.89. The molecule has 0 aliphatic rings. The van der Waals surface area contributed by atoms with E-state index in [0.29, 0.717) is 5.56 Å². The summed E-state index contributed by atoms with van der Waals surface area (Å²) in [5.41, 5.74) is 3.12. The van der Waals surface area contributed by atoms with E-state index in [0.717, 1.165) is 16.7 Å². The second kappa shape index (κ2) is 2.79. The van der Waals surface area contributed by atoms with Crippen LogP contribution < -0.4 is 0 Å². The number of hydrogen-bond acceptors (Lipinski definition) is 1. The molecule has 2 heterocycles. The predicted molar refractivity (Wildman–Crippen MR) is 57.4 cm³/mol. The average Bonchev–Trinajstić information content (AvgIpc) is 2.57. The first-order valence-corrected chi connectivity index (χ1v) is 4.78. The maximum Gasteiger partial charge on any atom is 0.137 e. The van der Waals surface area contributed by atoms with Crippen LogP contribution in [0.15, 0.2) is 36.5 Å². The van der Waals surface area contributed by atoms with Gasteiger partial charge in [-0.15, -0.1) is 0 Å². The van der Waals surface area contributed by atoms with Crippen molar-refractivity contribution in [1.82, 2.24) is 9.38 Å². The van der Waals surface area contributed by atoms with Crippen molar-refractivity contribution in [1.29, 1.82) is 0 Å². The van der Waals surface area contributed by atoms with Crippen LogP contribution in [0.1, 0.15) is 5.56 Å². The molecule has 3 heteroatoms. The number of hydrogen-bond donors (Lipinski definition) is 0. The number of aryl methyl sites for hydroxylation is 1. The summed E-state index contributed by atoms with van der Waals surface area (Å²) in [6, 6.07) is 9.05. The molecule has 0 atom stereocenters. The van der Waals surface area contributed by atoms with Crippen LogP contribution in [0.25, 0.3) is 16.7 Å². The molecule has 15 heavy (non-hydrogen) atoms. The van der Waals surface area contributed by atoms with Crippen LogP contribution in [0.5, 0.6) is 0 Å². The van der Waals surface area contributed by atoms with E-state index >= 15 is 0 Å². The number of benzene rings is 1. The first kappa shape index (κ1) is 8.41. The van der Waals surface area contributed by atoms with E-state index in [1.807, 2.05) is 28.8 Å². The second-order valence-electron chi connectivity index (χ2n) is 3.63. The van der Waals surface area contributed by atoms with Crippen LogP contribution in [0.3, 0.4) is 0 Å². The van der Waals surface area contributed by atoms with Crippen LogP contribution in [0.2, 0.25) is 0 Å². The van der Waals surface area contributed by atoms with Crippen molar-refractivity contribution < 1.29 is 4.39 Å². The molecule has 1 aromatic carbocycles. The number of nitrogens with zero attached hydrogens (tertiary/aromatic N) is 2. The van der Waals surface area contributed by atoms with Gasteiger partial charge in [0.05, 0.1) is 11.0 Å². The van der Waals surface area contributed by atoms with Crippen molar-refractivity contribution in [3.8, 4) is 0 Å². The lowest BCUT2D eigenvalue weighted by atomic mass is 10.2. The van der Waals surface area contributed by atoms with Gasteiger partial charge in [0.1, 0.15) is 11.5 Å². The molecular weight excluding hydrogens is 191 g/mol. The Kier molecular flexibility index (Phi) is 1.57. The van der Waals surface area contributed by atoms with E-state index < -0.39 is 0 Å². The Balaban J connectivity index is 2.56. The van der Waals surface area contributed by atoms with Crippen molar-refractivity contribution in [3.63, 3.8) is 0 Å². The zero-order valence-electron chi connectivity index (χ0n) is 8.24. The van der Waals surface area contributed by atoms with Crippen LogP contribution in [0, 0.1) is 12.7 Å². The van der Waals surface area contributed by atoms with E-state index in [-0.39, 0.29) is 5.82 Å². The fourth-order valence-corrected chi connectivity index (χ4v) is 1.79. The summed E-state index contributed by atoms with van der Waals surface area (Å²) in [4.78, 5) is 4.41. The van der Waals surface area contributed by atoms with E-state index in [4.69, 9.17) is 0 Å². The number of halogens is 1. The number of pyridine rings is 1. The molecule has 2 nitrogen and oxygen atoms in total. The van der Waals surface area contributed by atoms with Crippen LogP contribution in [-0.2, 0) is 0 Å². The number of imidazole rings is 1. The monoisotopic (exact) mass is 200 g/mol. The van der Waals surface area contributed by atoms with Crippen molar-refractivity contribution in [3.05, 3.63) is 47.9 Å². The maximum absolute atomic E-state index is 13.4. The Labute approximate surface area is 86.0 Å². The Morgan fingerprint density at radius 2 is 2.13 bits per heavy atom. The molecule has 0 unspecified atom stereocenters. The van der Waals surface area contributed by atoms with E-state index in [9.17, 15) is 4.39 Å². The summed E-state index contributed by atoms with van der Waals surface area (Å²) in [6.45, 7) is 1.75. The minimum atomic E-state index is -0.187. The molecule has 0 spiro atoms. The lowest BCUT2D eigenvalue weighted by molar-refractivity contribution is 0.620. The quantitative estimate of drug-likeness (QED) is 0.545. The molecule has 0 fully saturated rings. The van der Waals surface area contributed by atoms with Gasteiger partial charge in [-0.3, -0.25) is 4.40 Å². The van der Waals surface area contributed by atoms with Gasteiger partial charge < -0.3 is 0 Å². The lowest BCUT2D eigenvalue weighted by Crippen LogP contribution is -1.85. The average molecular weight is 200 g/mol. The number of aromatic nitrogens is 2. The predicted octanol–water partition coefficient (Wildman–Crippen LogP) is 2.94. The Morgan fingerprint density at radius 1 is 1.27 bits per heavy atom. The molecule has 3 rings (SSSR count). The summed E-state index contributed by atoms with van der Waals surface area (Å²) < 4.78 is 15.3. The maximum atomic E-state index is 13.4. The van der Waals surface area contributed by atoms with Gasteiger partial charge in [-0.25, -0.2) is 9.37 Å². The van der Waals surface area contributed by atoms with Gasteiger partial charge in [0.15, 0.2) is 0 Å². The zero-order chi connectivity index (χ0) is 10.4. The van der Waals surface area contributed by atoms with E-state index in [2.05, 4.69) is 4.98 Å². The minimum Gasteiger partial charge on any atom is -0.300 e. The van der Waals surface area contributed by atoms with Gasteiger partial charge in [-0.2, -0.15) is 0 Å². The van der Waals surface area contributed by atoms with Gasteiger partial charge in [0, 0.05) is 12.3 Å². The third kappa shape index (κ3) is 1.13. The molecule has 0 bridgehead atoms. The summed E-state index contributed by atoms with van der Waals surface area (Å²) >= 11 is 0. The molecule has 0 radical (unpaired) electrons. The van der Waals surface area contributed by atoms with Crippen LogP contribution in [0.4, 0.5) is 4.39 Å². The lowest BCUT2D eigenvalue weighted by Gasteiger charge is -1.96. The van der Waals surface area contributed by atoms with Crippen molar-refractivity contribution in [2.45, 2.75) is 6.92 Å². The number of rotatable bonds is 0. The molecule has 0 aliphatic heterocycles. The Morgan fingerprint density at radius 3 is 3.00 bits per heavy atom. The highest BCUT2D eigenvalue weighted by Gasteiger charge is 2.06. The van der Waals surface area contributed by atoms with Crippen molar-refractivity contribution >= 4 is 16.7 Å². The fourth-order valence-electron chi connectivity index (χ4n) is 1.79. The molecule has 0 amide bonds. The fraction of sp³-hybridized carbons (Fsp3) is 0.0833. The van der Waals surface area contributed by atoms with Gasteiger partial charge in [0.2, 0.25) is 0 Å². The van der Waals surface area contributed by atoms with Crippen LogP contribution in [-0.4, -0.2) is 9.38 Å². The molecular formula is C12H9FN2. The SMILES string of the molecule is Cc1cc2nc3ccccn3c2cc1F. The Bertz CT molecular complexity index is 655. The molecule has 0 N–H and O–H groups in total. The normalized spacial score (nSPS) is 11.3. The minimum absolute atomic E-state index is 0.187. The smallest absolute Gasteiger partial charge is 0.137 e.